The molecule has 4 aromatic rings. The zero-order valence-electron chi connectivity index (χ0n) is 17.4. The Kier molecular flexibility index (Phi) is 5.35. The van der Waals surface area contributed by atoms with Crippen LogP contribution >= 0.6 is 11.3 Å². The van der Waals surface area contributed by atoms with Crippen molar-refractivity contribution in [3.63, 3.8) is 0 Å². The van der Waals surface area contributed by atoms with Gasteiger partial charge in [-0.1, -0.05) is 30.3 Å². The lowest BCUT2D eigenvalue weighted by molar-refractivity contribution is 0.0950. The Balaban J connectivity index is 1.30. The van der Waals surface area contributed by atoms with Gasteiger partial charge in [-0.25, -0.2) is 9.37 Å². The SMILES string of the molecule is N=C1C(c2nc3ccccc3s2)=C(O)CN1c1ccc(C(=O)NCc2ccccc2F)cc1. The number of amides is 1. The lowest BCUT2D eigenvalue weighted by atomic mass is 10.1. The second kappa shape index (κ2) is 8.48. The molecule has 0 unspecified atom stereocenters. The molecule has 0 bridgehead atoms. The topological polar surface area (TPSA) is 89.3 Å². The summed E-state index contributed by atoms with van der Waals surface area (Å²) in [6, 6.07) is 20.7. The van der Waals surface area contributed by atoms with E-state index in [2.05, 4.69) is 10.3 Å². The van der Waals surface area contributed by atoms with Crippen LogP contribution in [0.4, 0.5) is 10.1 Å². The van der Waals surface area contributed by atoms with Crippen molar-refractivity contribution in [2.24, 2.45) is 0 Å². The largest absolute Gasteiger partial charge is 0.510 e. The highest BCUT2D eigenvalue weighted by Gasteiger charge is 2.31. The molecule has 5 rings (SSSR count). The van der Waals surface area contributed by atoms with E-state index in [4.69, 9.17) is 5.41 Å². The number of nitrogens with one attached hydrogen (secondary N) is 2. The molecule has 1 aliphatic rings. The van der Waals surface area contributed by atoms with Gasteiger partial charge in [-0.15, -0.1) is 11.3 Å². The number of fused-ring (bicyclic) bond motifs is 1. The molecule has 6 nitrogen and oxygen atoms in total. The van der Waals surface area contributed by atoms with Crippen molar-refractivity contribution in [3.05, 3.63) is 101 Å². The molecule has 164 valence electrons. The van der Waals surface area contributed by atoms with Crippen LogP contribution in [0.1, 0.15) is 20.9 Å². The Hall–Kier alpha value is -4.04. The number of para-hydroxylation sites is 1. The number of rotatable bonds is 5. The van der Waals surface area contributed by atoms with Crippen LogP contribution in [0.2, 0.25) is 0 Å². The fraction of sp³-hybridized carbons (Fsp3) is 0.0800. The third kappa shape index (κ3) is 3.96. The van der Waals surface area contributed by atoms with Gasteiger partial charge in [0.25, 0.3) is 5.91 Å². The molecule has 0 fully saturated rings. The molecule has 3 N–H and O–H groups in total. The highest BCUT2D eigenvalue weighted by Crippen LogP contribution is 2.35. The first-order chi connectivity index (χ1) is 16.0. The van der Waals surface area contributed by atoms with Gasteiger partial charge >= 0.3 is 0 Å². The molecule has 3 aromatic carbocycles. The third-order valence-corrected chi connectivity index (χ3v) is 6.50. The van der Waals surface area contributed by atoms with E-state index in [0.29, 0.717) is 27.4 Å². The quantitative estimate of drug-likeness (QED) is 0.387. The normalized spacial score (nSPS) is 13.7. The van der Waals surface area contributed by atoms with Gasteiger partial charge in [0, 0.05) is 23.4 Å². The molecule has 0 saturated carbocycles. The minimum Gasteiger partial charge on any atom is -0.510 e. The maximum atomic E-state index is 13.7. The highest BCUT2D eigenvalue weighted by atomic mass is 32.1. The fourth-order valence-corrected chi connectivity index (χ4v) is 4.75. The molecular formula is C25H19FN4O2S. The number of benzene rings is 3. The fourth-order valence-electron chi connectivity index (χ4n) is 3.72. The van der Waals surface area contributed by atoms with E-state index in [1.54, 1.807) is 47.4 Å². The molecule has 0 atom stereocenters. The Morgan fingerprint density at radius 3 is 2.58 bits per heavy atom. The summed E-state index contributed by atoms with van der Waals surface area (Å²) in [6.07, 6.45) is 0. The molecule has 1 aromatic heterocycles. The number of aliphatic hydroxyl groups is 1. The Morgan fingerprint density at radius 2 is 1.82 bits per heavy atom. The maximum Gasteiger partial charge on any atom is 0.251 e. The number of hydrogen-bond donors (Lipinski definition) is 3. The van der Waals surface area contributed by atoms with E-state index in [1.165, 1.54) is 17.4 Å². The summed E-state index contributed by atoms with van der Waals surface area (Å²) < 4.78 is 14.7. The van der Waals surface area contributed by atoms with Gasteiger partial charge in [-0.3, -0.25) is 10.2 Å². The van der Waals surface area contributed by atoms with Crippen molar-refractivity contribution in [2.45, 2.75) is 6.54 Å². The van der Waals surface area contributed by atoms with Crippen LogP contribution in [0, 0.1) is 11.2 Å². The number of anilines is 1. The second-order valence-corrected chi connectivity index (χ2v) is 8.59. The standard InChI is InChI=1S/C25H19FN4O2S/c26-18-6-2-1-5-16(18)13-28-24(32)15-9-11-17(12-10-15)30-14-20(31)22(23(30)27)25-29-19-7-3-4-8-21(19)33-25/h1-12,27,31H,13-14H2,(H,28,32). The van der Waals surface area contributed by atoms with Gasteiger partial charge in [-0.2, -0.15) is 0 Å². The van der Waals surface area contributed by atoms with Crippen LogP contribution in [0.15, 0.2) is 78.6 Å². The number of aromatic nitrogens is 1. The van der Waals surface area contributed by atoms with Crippen LogP contribution in [0.5, 0.6) is 0 Å². The number of nitrogens with zero attached hydrogens (tertiary/aromatic N) is 2. The molecule has 0 spiro atoms. The zero-order chi connectivity index (χ0) is 22.9. The predicted octanol–water partition coefficient (Wildman–Crippen LogP) is 5.13. The molecule has 33 heavy (non-hydrogen) atoms. The van der Waals surface area contributed by atoms with Gasteiger partial charge in [0.2, 0.25) is 0 Å². The highest BCUT2D eigenvalue weighted by molar-refractivity contribution is 7.19. The predicted molar refractivity (Wildman–Crippen MR) is 128 cm³/mol. The number of thiazole rings is 1. The van der Waals surface area contributed by atoms with Gasteiger partial charge in [0.1, 0.15) is 22.4 Å². The minimum atomic E-state index is -0.364. The average molecular weight is 459 g/mol. The first-order valence-corrected chi connectivity index (χ1v) is 11.1. The van der Waals surface area contributed by atoms with Crippen LogP contribution in [0.3, 0.4) is 0 Å². The number of amidine groups is 1. The number of carbonyl (C=O) groups is 1. The van der Waals surface area contributed by atoms with Crippen LogP contribution in [-0.4, -0.2) is 28.4 Å². The second-order valence-electron chi connectivity index (χ2n) is 7.56. The van der Waals surface area contributed by atoms with Gasteiger partial charge in [0.05, 0.1) is 22.3 Å². The summed E-state index contributed by atoms with van der Waals surface area (Å²) >= 11 is 1.43. The smallest absolute Gasteiger partial charge is 0.251 e. The molecule has 0 aliphatic carbocycles. The van der Waals surface area contributed by atoms with E-state index >= 15 is 0 Å². The van der Waals surface area contributed by atoms with Gasteiger partial charge in [0.15, 0.2) is 0 Å². The molecule has 8 heteroatoms. The van der Waals surface area contributed by atoms with Crippen molar-refractivity contribution in [1.82, 2.24) is 10.3 Å². The van der Waals surface area contributed by atoms with E-state index < -0.39 is 0 Å². The molecule has 1 amide bonds. The summed E-state index contributed by atoms with van der Waals surface area (Å²) in [5, 5.41) is 22.5. The first kappa shape index (κ1) is 20.8. The van der Waals surface area contributed by atoms with Gasteiger partial charge in [-0.05, 0) is 42.5 Å². The third-order valence-electron chi connectivity index (χ3n) is 5.45. The summed E-state index contributed by atoms with van der Waals surface area (Å²) in [6.45, 7) is 0.246. The summed E-state index contributed by atoms with van der Waals surface area (Å²) in [7, 11) is 0. The first-order valence-electron chi connectivity index (χ1n) is 10.3. The number of hydrogen-bond acceptors (Lipinski definition) is 5. The summed E-state index contributed by atoms with van der Waals surface area (Å²) in [5.74, 6) is -0.441. The van der Waals surface area contributed by atoms with Gasteiger partial charge < -0.3 is 15.3 Å². The van der Waals surface area contributed by atoms with Crippen molar-refractivity contribution in [1.29, 1.82) is 5.41 Å². The number of aliphatic hydroxyl groups excluding tert-OH is 1. The monoisotopic (exact) mass is 458 g/mol. The van der Waals surface area contributed by atoms with Crippen molar-refractivity contribution in [3.8, 4) is 0 Å². The number of carbonyl (C=O) groups excluding carboxylic acids is 1. The minimum absolute atomic E-state index is 0.0887. The molecular weight excluding hydrogens is 439 g/mol. The van der Waals surface area contributed by atoms with Crippen LogP contribution in [-0.2, 0) is 6.54 Å². The summed E-state index contributed by atoms with van der Waals surface area (Å²) in [5.41, 5.74) is 2.76. The van der Waals surface area contributed by atoms with Crippen LogP contribution in [0.25, 0.3) is 15.8 Å². The van der Waals surface area contributed by atoms with E-state index in [0.717, 1.165) is 10.2 Å². The molecule has 0 saturated heterocycles. The number of halogens is 1. The molecule has 2 heterocycles. The Bertz CT molecular complexity index is 1380. The lowest BCUT2D eigenvalue weighted by Gasteiger charge is -2.19. The van der Waals surface area contributed by atoms with Crippen molar-refractivity contribution in [2.75, 3.05) is 11.4 Å². The van der Waals surface area contributed by atoms with Crippen molar-refractivity contribution < 1.29 is 14.3 Å². The average Bonchev–Trinajstić information content (AvgIpc) is 3.38. The van der Waals surface area contributed by atoms with E-state index in [1.807, 2.05) is 24.3 Å². The van der Waals surface area contributed by atoms with Crippen molar-refractivity contribution >= 4 is 44.6 Å². The molecule has 1 aliphatic heterocycles. The van der Waals surface area contributed by atoms with Crippen LogP contribution < -0.4 is 10.2 Å². The van der Waals surface area contributed by atoms with E-state index in [-0.39, 0.29) is 36.4 Å². The Morgan fingerprint density at radius 1 is 1.09 bits per heavy atom. The maximum absolute atomic E-state index is 13.7. The summed E-state index contributed by atoms with van der Waals surface area (Å²) in [4.78, 5) is 18.7. The zero-order valence-corrected chi connectivity index (χ0v) is 18.2. The Labute approximate surface area is 193 Å². The van der Waals surface area contributed by atoms with E-state index in [9.17, 15) is 14.3 Å². The lowest BCUT2D eigenvalue weighted by Crippen LogP contribution is -2.26. The molecule has 0 radical (unpaired) electrons.